The molecule has 1 saturated heterocycles. The Labute approximate surface area is 137 Å². The fraction of sp³-hybridized carbons (Fsp3) is 0.375. The third-order valence-electron chi connectivity index (χ3n) is 4.45. The predicted octanol–water partition coefficient (Wildman–Crippen LogP) is 0.693. The Hall–Kier alpha value is -2.26. The third-order valence-corrected chi connectivity index (χ3v) is 4.45. The summed E-state index contributed by atoms with van der Waals surface area (Å²) in [6, 6.07) is 5.37. The van der Waals surface area contributed by atoms with Crippen molar-refractivity contribution in [2.24, 2.45) is 0 Å². The Bertz CT molecular complexity index is 858. The van der Waals surface area contributed by atoms with E-state index >= 15 is 0 Å². The molecule has 0 radical (unpaired) electrons. The van der Waals surface area contributed by atoms with Crippen LogP contribution in [0.3, 0.4) is 0 Å². The summed E-state index contributed by atoms with van der Waals surface area (Å²) in [7, 11) is 0. The number of ether oxygens (including phenoxy) is 1. The summed E-state index contributed by atoms with van der Waals surface area (Å²) < 4.78 is 12.7. The molecule has 0 aliphatic carbocycles. The van der Waals surface area contributed by atoms with Gasteiger partial charge in [0.05, 0.1) is 12.9 Å². The molecule has 4 rings (SSSR count). The molecule has 1 aliphatic rings. The van der Waals surface area contributed by atoms with Crippen molar-refractivity contribution < 1.29 is 24.5 Å². The first kappa shape index (κ1) is 15.3. The van der Waals surface area contributed by atoms with Crippen LogP contribution in [0.25, 0.3) is 22.5 Å². The predicted molar refractivity (Wildman–Crippen MR) is 82.9 cm³/mol. The minimum atomic E-state index is -1.57. The lowest BCUT2D eigenvalue weighted by Crippen LogP contribution is -2.44. The van der Waals surface area contributed by atoms with Crippen LogP contribution in [0.2, 0.25) is 0 Å². The number of hydrogen-bond donors (Lipinski definition) is 3. The minimum absolute atomic E-state index is 0.389. The summed E-state index contributed by atoms with van der Waals surface area (Å²) in [6.07, 6.45) is 1.71. The summed E-state index contributed by atoms with van der Waals surface area (Å²) in [6.45, 7) is 1.08. The molecule has 1 aliphatic heterocycles. The largest absolute Gasteiger partial charge is 0.463 e. The van der Waals surface area contributed by atoms with E-state index in [2.05, 4.69) is 9.97 Å². The van der Waals surface area contributed by atoms with E-state index in [0.717, 1.165) is 5.39 Å². The summed E-state index contributed by atoms with van der Waals surface area (Å²) >= 11 is 0. The van der Waals surface area contributed by atoms with Gasteiger partial charge in [-0.15, -0.1) is 0 Å². The van der Waals surface area contributed by atoms with Crippen LogP contribution in [-0.2, 0) is 4.74 Å². The average molecular weight is 331 g/mol. The molecular weight excluding hydrogens is 314 g/mol. The second-order valence-corrected chi connectivity index (χ2v) is 6.04. The number of rotatable bonds is 3. The summed E-state index contributed by atoms with van der Waals surface area (Å²) in [4.78, 5) is 8.53. The molecule has 3 aromatic rings. The molecule has 4 atom stereocenters. The molecule has 0 aromatic carbocycles. The second-order valence-electron chi connectivity index (χ2n) is 6.04. The normalized spacial score (nSPS) is 30.2. The van der Waals surface area contributed by atoms with Crippen LogP contribution in [0.4, 0.5) is 0 Å². The maximum atomic E-state index is 10.6. The fourth-order valence-corrected chi connectivity index (χ4v) is 3.16. The lowest BCUT2D eigenvalue weighted by atomic mass is 9.96. The first-order valence-electron chi connectivity index (χ1n) is 7.56. The Balaban J connectivity index is 1.83. The van der Waals surface area contributed by atoms with E-state index in [4.69, 9.17) is 9.15 Å². The zero-order valence-corrected chi connectivity index (χ0v) is 12.9. The smallest absolute Gasteiger partial charge is 0.167 e. The molecule has 24 heavy (non-hydrogen) atoms. The van der Waals surface area contributed by atoms with E-state index in [1.807, 2.05) is 0 Å². The lowest BCUT2D eigenvalue weighted by Gasteiger charge is -2.27. The monoisotopic (exact) mass is 331 g/mol. The number of furan rings is 1. The van der Waals surface area contributed by atoms with Crippen molar-refractivity contribution in [3.63, 3.8) is 0 Å². The van der Waals surface area contributed by atoms with E-state index in [0.29, 0.717) is 17.1 Å². The number of hydrogen-bond acceptors (Lipinski definition) is 7. The highest BCUT2D eigenvalue weighted by atomic mass is 16.6. The zero-order chi connectivity index (χ0) is 16.9. The molecule has 126 valence electrons. The molecule has 4 heterocycles. The van der Waals surface area contributed by atoms with Crippen LogP contribution in [0, 0.1) is 0 Å². The standard InChI is InChI=1S/C16H17N3O5/c1-16(22)13(21)11(7-20)24-15(16)19-5-4-9-12(10-3-2-6-23-10)17-8-18-14(9)19/h2-6,8,11,13,15,20-22H,7H2,1H3/t11-,13-,15-,16-/m1/s1. The SMILES string of the molecule is C[C@@]1(O)[C@H](O)[C@@H](CO)O[C@H]1n1ccc2c(-c3ccco3)ncnc21. The fourth-order valence-electron chi connectivity index (χ4n) is 3.16. The van der Waals surface area contributed by atoms with Crippen LogP contribution in [0.1, 0.15) is 13.2 Å². The molecule has 8 heteroatoms. The molecule has 0 amide bonds. The van der Waals surface area contributed by atoms with E-state index < -0.39 is 24.0 Å². The van der Waals surface area contributed by atoms with Crippen molar-refractivity contribution >= 4 is 11.0 Å². The van der Waals surface area contributed by atoms with Gasteiger partial charge in [-0.25, -0.2) is 9.97 Å². The molecule has 0 bridgehead atoms. The molecule has 8 nitrogen and oxygen atoms in total. The molecule has 0 spiro atoms. The van der Waals surface area contributed by atoms with Crippen LogP contribution in [0.15, 0.2) is 41.4 Å². The molecule has 1 fully saturated rings. The van der Waals surface area contributed by atoms with Gasteiger partial charge in [0.1, 0.15) is 35.5 Å². The van der Waals surface area contributed by atoms with Crippen molar-refractivity contribution in [1.29, 1.82) is 0 Å². The van der Waals surface area contributed by atoms with Crippen LogP contribution in [0.5, 0.6) is 0 Å². The van der Waals surface area contributed by atoms with Crippen molar-refractivity contribution in [2.75, 3.05) is 6.61 Å². The van der Waals surface area contributed by atoms with Gasteiger partial charge in [-0.05, 0) is 25.1 Å². The highest BCUT2D eigenvalue weighted by Crippen LogP contribution is 2.40. The van der Waals surface area contributed by atoms with Gasteiger partial charge in [-0.1, -0.05) is 0 Å². The van der Waals surface area contributed by atoms with Crippen molar-refractivity contribution in [3.8, 4) is 11.5 Å². The van der Waals surface area contributed by atoms with Crippen LogP contribution >= 0.6 is 0 Å². The lowest BCUT2D eigenvalue weighted by molar-refractivity contribution is -0.0948. The van der Waals surface area contributed by atoms with Crippen LogP contribution < -0.4 is 0 Å². The number of fused-ring (bicyclic) bond motifs is 1. The summed E-state index contributed by atoms with van der Waals surface area (Å²) in [5, 5.41) is 30.9. The quantitative estimate of drug-likeness (QED) is 0.647. The van der Waals surface area contributed by atoms with Gasteiger partial charge < -0.3 is 29.0 Å². The van der Waals surface area contributed by atoms with Gasteiger partial charge in [0.2, 0.25) is 0 Å². The van der Waals surface area contributed by atoms with Gasteiger partial charge in [-0.2, -0.15) is 0 Å². The number of aliphatic hydroxyl groups is 3. The van der Waals surface area contributed by atoms with Gasteiger partial charge in [0.25, 0.3) is 0 Å². The molecule has 0 saturated carbocycles. The van der Waals surface area contributed by atoms with Crippen molar-refractivity contribution in [2.45, 2.75) is 31.0 Å². The molecule has 3 N–H and O–H groups in total. The Kier molecular flexibility index (Phi) is 3.43. The van der Waals surface area contributed by atoms with E-state index in [9.17, 15) is 15.3 Å². The first-order valence-corrected chi connectivity index (χ1v) is 7.56. The van der Waals surface area contributed by atoms with E-state index in [-0.39, 0.29) is 6.61 Å². The van der Waals surface area contributed by atoms with Crippen molar-refractivity contribution in [3.05, 3.63) is 37.0 Å². The summed E-state index contributed by atoms with van der Waals surface area (Å²) in [5.41, 5.74) is -0.414. The first-order chi connectivity index (χ1) is 11.5. The summed E-state index contributed by atoms with van der Waals surface area (Å²) in [5.74, 6) is 0.604. The van der Waals surface area contributed by atoms with Crippen LogP contribution in [-0.4, -0.2) is 54.3 Å². The maximum Gasteiger partial charge on any atom is 0.167 e. The molecule has 0 unspecified atom stereocenters. The molecule has 3 aromatic heterocycles. The zero-order valence-electron chi connectivity index (χ0n) is 12.9. The second kappa shape index (κ2) is 5.38. The Morgan fingerprint density at radius 3 is 2.83 bits per heavy atom. The highest BCUT2D eigenvalue weighted by Gasteiger charge is 2.53. The Morgan fingerprint density at radius 2 is 2.17 bits per heavy atom. The minimum Gasteiger partial charge on any atom is -0.463 e. The van der Waals surface area contributed by atoms with Gasteiger partial charge in [-0.3, -0.25) is 0 Å². The number of aromatic nitrogens is 3. The van der Waals surface area contributed by atoms with Gasteiger partial charge in [0, 0.05) is 11.6 Å². The maximum absolute atomic E-state index is 10.6. The topological polar surface area (TPSA) is 114 Å². The van der Waals surface area contributed by atoms with Gasteiger partial charge in [0.15, 0.2) is 12.0 Å². The van der Waals surface area contributed by atoms with E-state index in [1.165, 1.54) is 13.3 Å². The average Bonchev–Trinajstić information content (AvgIpc) is 3.28. The van der Waals surface area contributed by atoms with Crippen molar-refractivity contribution in [1.82, 2.24) is 14.5 Å². The number of aliphatic hydroxyl groups excluding tert-OH is 2. The Morgan fingerprint density at radius 1 is 1.33 bits per heavy atom. The number of nitrogens with zero attached hydrogens (tertiary/aromatic N) is 3. The third kappa shape index (κ3) is 2.08. The van der Waals surface area contributed by atoms with Gasteiger partial charge >= 0.3 is 0 Å². The highest BCUT2D eigenvalue weighted by molar-refractivity contribution is 5.89. The van der Waals surface area contributed by atoms with E-state index in [1.54, 1.807) is 35.2 Å². The molecular formula is C16H17N3O5.